The lowest BCUT2D eigenvalue weighted by Crippen LogP contribution is -2.36. The molecule has 2 N–H and O–H groups in total. The van der Waals surface area contributed by atoms with Gasteiger partial charge in [-0.25, -0.2) is 4.98 Å². The zero-order chi connectivity index (χ0) is 12.3. The summed E-state index contributed by atoms with van der Waals surface area (Å²) in [4.78, 5) is 15.8. The van der Waals surface area contributed by atoms with Crippen LogP contribution in [-0.4, -0.2) is 27.6 Å². The van der Waals surface area contributed by atoms with Gasteiger partial charge in [0.05, 0.1) is 0 Å². The van der Waals surface area contributed by atoms with E-state index in [0.717, 1.165) is 13.0 Å². The predicted molar refractivity (Wildman–Crippen MR) is 64.6 cm³/mol. The third kappa shape index (κ3) is 2.65. The number of aromatic amines is 1. The van der Waals surface area contributed by atoms with Gasteiger partial charge in [-0.15, -0.1) is 5.10 Å². The van der Waals surface area contributed by atoms with Gasteiger partial charge in [0.2, 0.25) is 5.82 Å². The number of nitrogens with zero attached hydrogens (tertiary/aromatic N) is 2. The molecule has 1 amide bonds. The summed E-state index contributed by atoms with van der Waals surface area (Å²) in [6, 6.07) is 0. The van der Waals surface area contributed by atoms with Gasteiger partial charge in [-0.05, 0) is 31.6 Å². The van der Waals surface area contributed by atoms with Crippen molar-refractivity contribution in [3.63, 3.8) is 0 Å². The highest BCUT2D eigenvalue weighted by molar-refractivity contribution is 5.90. The first-order valence-corrected chi connectivity index (χ1v) is 6.32. The molecule has 17 heavy (non-hydrogen) atoms. The summed E-state index contributed by atoms with van der Waals surface area (Å²) >= 11 is 0. The number of carbonyl (C=O) groups is 1. The van der Waals surface area contributed by atoms with Gasteiger partial charge in [-0.3, -0.25) is 9.89 Å². The molecule has 0 saturated heterocycles. The van der Waals surface area contributed by atoms with Crippen LogP contribution in [0, 0.1) is 12.3 Å². The number of aryl methyl sites for hydroxylation is 1. The van der Waals surface area contributed by atoms with Crippen LogP contribution < -0.4 is 5.32 Å². The smallest absolute Gasteiger partial charge is 0.290 e. The highest BCUT2D eigenvalue weighted by Crippen LogP contribution is 2.40. The number of hydrogen-bond donors (Lipinski definition) is 2. The van der Waals surface area contributed by atoms with Gasteiger partial charge in [0.1, 0.15) is 5.82 Å². The molecule has 1 aliphatic carbocycles. The Labute approximate surface area is 101 Å². The second-order valence-corrected chi connectivity index (χ2v) is 4.99. The van der Waals surface area contributed by atoms with E-state index in [1.165, 1.54) is 25.7 Å². The number of hydrogen-bond acceptors (Lipinski definition) is 3. The minimum Gasteiger partial charge on any atom is -0.349 e. The fourth-order valence-corrected chi connectivity index (χ4v) is 2.57. The topological polar surface area (TPSA) is 70.7 Å². The van der Waals surface area contributed by atoms with Gasteiger partial charge in [0.15, 0.2) is 0 Å². The van der Waals surface area contributed by atoms with Gasteiger partial charge in [0, 0.05) is 6.54 Å². The third-order valence-electron chi connectivity index (χ3n) is 3.84. The maximum absolute atomic E-state index is 11.8. The van der Waals surface area contributed by atoms with Crippen LogP contribution in [0.4, 0.5) is 0 Å². The Morgan fingerprint density at radius 3 is 2.71 bits per heavy atom. The van der Waals surface area contributed by atoms with Crippen LogP contribution in [0.2, 0.25) is 0 Å². The van der Waals surface area contributed by atoms with E-state index in [4.69, 9.17) is 0 Å². The normalized spacial score (nSPS) is 18.2. The molecule has 0 spiro atoms. The maximum Gasteiger partial charge on any atom is 0.290 e. The molecule has 0 aromatic carbocycles. The number of carbonyl (C=O) groups excluding carboxylic acids is 1. The summed E-state index contributed by atoms with van der Waals surface area (Å²) in [7, 11) is 0. The molecule has 0 radical (unpaired) electrons. The van der Waals surface area contributed by atoms with E-state index < -0.39 is 0 Å². The fourth-order valence-electron chi connectivity index (χ4n) is 2.57. The summed E-state index contributed by atoms with van der Waals surface area (Å²) in [5.41, 5.74) is 0.307. The minimum absolute atomic E-state index is 0.172. The van der Waals surface area contributed by atoms with E-state index >= 15 is 0 Å². The van der Waals surface area contributed by atoms with Gasteiger partial charge >= 0.3 is 0 Å². The number of nitrogens with one attached hydrogen (secondary N) is 2. The van der Waals surface area contributed by atoms with Crippen molar-refractivity contribution in [2.75, 3.05) is 6.54 Å². The third-order valence-corrected chi connectivity index (χ3v) is 3.84. The number of H-pyrrole nitrogens is 1. The first-order valence-electron chi connectivity index (χ1n) is 6.32. The molecule has 0 aliphatic heterocycles. The molecular formula is C12H20N4O. The average molecular weight is 236 g/mol. The van der Waals surface area contributed by atoms with Crippen molar-refractivity contribution in [1.82, 2.24) is 20.5 Å². The monoisotopic (exact) mass is 236 g/mol. The highest BCUT2D eigenvalue weighted by Gasteiger charge is 2.32. The van der Waals surface area contributed by atoms with Gasteiger partial charge in [0.25, 0.3) is 5.91 Å². The van der Waals surface area contributed by atoms with Crippen molar-refractivity contribution in [2.24, 2.45) is 5.41 Å². The Morgan fingerprint density at radius 2 is 2.18 bits per heavy atom. The molecule has 1 heterocycles. The van der Waals surface area contributed by atoms with E-state index in [2.05, 4.69) is 27.4 Å². The van der Waals surface area contributed by atoms with Gasteiger partial charge in [-0.1, -0.05) is 19.8 Å². The van der Waals surface area contributed by atoms with E-state index in [0.29, 0.717) is 11.2 Å². The molecule has 1 aromatic rings. The van der Waals surface area contributed by atoms with Crippen LogP contribution in [0.15, 0.2) is 0 Å². The fraction of sp³-hybridized carbons (Fsp3) is 0.750. The lowest BCUT2D eigenvalue weighted by molar-refractivity contribution is 0.0918. The molecule has 1 saturated carbocycles. The summed E-state index contributed by atoms with van der Waals surface area (Å²) in [5.74, 6) is 0.738. The molecule has 5 nitrogen and oxygen atoms in total. The van der Waals surface area contributed by atoms with Gasteiger partial charge < -0.3 is 5.32 Å². The Balaban J connectivity index is 1.91. The lowest BCUT2D eigenvalue weighted by atomic mass is 9.83. The lowest BCUT2D eigenvalue weighted by Gasteiger charge is -2.27. The first-order chi connectivity index (χ1) is 8.15. The van der Waals surface area contributed by atoms with Gasteiger partial charge in [-0.2, -0.15) is 0 Å². The average Bonchev–Trinajstić information content (AvgIpc) is 2.95. The Bertz CT molecular complexity index is 393. The van der Waals surface area contributed by atoms with Crippen LogP contribution in [0.5, 0.6) is 0 Å². The summed E-state index contributed by atoms with van der Waals surface area (Å²) < 4.78 is 0. The number of amides is 1. The van der Waals surface area contributed by atoms with E-state index in [1.54, 1.807) is 6.92 Å². The quantitative estimate of drug-likeness (QED) is 0.837. The van der Waals surface area contributed by atoms with E-state index in [9.17, 15) is 4.79 Å². The maximum atomic E-state index is 11.8. The summed E-state index contributed by atoms with van der Waals surface area (Å²) in [5, 5.41) is 9.50. The van der Waals surface area contributed by atoms with Crippen LogP contribution >= 0.6 is 0 Å². The number of aromatic nitrogens is 3. The van der Waals surface area contributed by atoms with Crippen molar-refractivity contribution in [3.8, 4) is 0 Å². The van der Waals surface area contributed by atoms with Crippen molar-refractivity contribution in [1.29, 1.82) is 0 Å². The molecule has 1 fully saturated rings. The standard InChI is InChI=1S/C12H20N4O/c1-3-12(6-4-5-7-12)8-13-11(17)10-14-9(2)15-16-10/h3-8H2,1-2H3,(H,13,17)(H,14,15,16). The SMILES string of the molecule is CCC1(CNC(=O)c2n[nH]c(C)n2)CCCC1. The zero-order valence-corrected chi connectivity index (χ0v) is 10.5. The molecule has 5 heteroatoms. The van der Waals surface area contributed by atoms with Crippen LogP contribution in [-0.2, 0) is 0 Å². The number of rotatable bonds is 4. The van der Waals surface area contributed by atoms with Crippen molar-refractivity contribution < 1.29 is 4.79 Å². The minimum atomic E-state index is -0.172. The van der Waals surface area contributed by atoms with Crippen LogP contribution in [0.3, 0.4) is 0 Å². The summed E-state index contributed by atoms with van der Waals surface area (Å²) in [6.45, 7) is 4.73. The van der Waals surface area contributed by atoms with Crippen molar-refractivity contribution >= 4 is 5.91 Å². The van der Waals surface area contributed by atoms with Crippen molar-refractivity contribution in [3.05, 3.63) is 11.6 Å². The molecule has 1 aliphatic rings. The first kappa shape index (κ1) is 12.1. The highest BCUT2D eigenvalue weighted by atomic mass is 16.2. The molecule has 2 rings (SSSR count). The summed E-state index contributed by atoms with van der Waals surface area (Å²) in [6.07, 6.45) is 6.13. The van der Waals surface area contributed by atoms with E-state index in [1.807, 2.05) is 0 Å². The zero-order valence-electron chi connectivity index (χ0n) is 10.5. The Hall–Kier alpha value is -1.39. The Morgan fingerprint density at radius 1 is 1.47 bits per heavy atom. The molecule has 0 unspecified atom stereocenters. The molecule has 1 aromatic heterocycles. The second kappa shape index (κ2) is 4.85. The molecule has 0 atom stereocenters. The molecule has 0 bridgehead atoms. The largest absolute Gasteiger partial charge is 0.349 e. The Kier molecular flexibility index (Phi) is 3.45. The van der Waals surface area contributed by atoms with Crippen molar-refractivity contribution in [2.45, 2.75) is 46.0 Å². The second-order valence-electron chi connectivity index (χ2n) is 4.99. The van der Waals surface area contributed by atoms with Crippen LogP contribution in [0.25, 0.3) is 0 Å². The van der Waals surface area contributed by atoms with Crippen LogP contribution in [0.1, 0.15) is 55.5 Å². The molecule has 94 valence electrons. The molecular weight excluding hydrogens is 216 g/mol. The van der Waals surface area contributed by atoms with E-state index in [-0.39, 0.29) is 11.7 Å². The predicted octanol–water partition coefficient (Wildman–Crippen LogP) is 1.81.